The zero-order chi connectivity index (χ0) is 18.5. The van der Waals surface area contributed by atoms with E-state index in [-0.39, 0.29) is 0 Å². The van der Waals surface area contributed by atoms with Gasteiger partial charge in [-0.1, -0.05) is 54.6 Å². The number of hydrogen-bond donors (Lipinski definition) is 0. The summed E-state index contributed by atoms with van der Waals surface area (Å²) >= 11 is 0. The normalized spacial score (nSPS) is 14.8. The number of aryl methyl sites for hydroxylation is 1. The predicted octanol–water partition coefficient (Wildman–Crippen LogP) is 4.39. The Morgan fingerprint density at radius 3 is 2.33 bits per heavy atom. The highest BCUT2D eigenvalue weighted by Crippen LogP contribution is 2.31. The van der Waals surface area contributed by atoms with Gasteiger partial charge in [0.1, 0.15) is 5.82 Å². The third kappa shape index (κ3) is 4.12. The third-order valence-corrected chi connectivity index (χ3v) is 5.15. The lowest BCUT2D eigenvalue weighted by molar-refractivity contribution is 0.297. The van der Waals surface area contributed by atoms with Crippen molar-refractivity contribution in [3.63, 3.8) is 0 Å². The zero-order valence-corrected chi connectivity index (χ0v) is 15.8. The minimum atomic E-state index is 0.989. The number of aromatic nitrogens is 2. The number of para-hydroxylation sites is 1. The molecule has 0 saturated heterocycles. The first-order chi connectivity index (χ1) is 13.3. The molecular formula is C23H26N4. The van der Waals surface area contributed by atoms with E-state index in [1.807, 2.05) is 17.9 Å². The van der Waals surface area contributed by atoms with Gasteiger partial charge >= 0.3 is 0 Å². The van der Waals surface area contributed by atoms with Crippen LogP contribution in [-0.2, 0) is 13.5 Å². The van der Waals surface area contributed by atoms with Gasteiger partial charge in [0.15, 0.2) is 0 Å². The molecule has 0 spiro atoms. The van der Waals surface area contributed by atoms with Crippen LogP contribution in [0.4, 0.5) is 11.5 Å². The average Bonchev–Trinajstić information content (AvgIpc) is 3.15. The summed E-state index contributed by atoms with van der Waals surface area (Å²) in [5.74, 6) is 1.10. The van der Waals surface area contributed by atoms with Crippen molar-refractivity contribution in [2.45, 2.75) is 12.8 Å². The molecule has 0 aliphatic carbocycles. The van der Waals surface area contributed by atoms with Crippen molar-refractivity contribution in [2.24, 2.45) is 7.05 Å². The lowest BCUT2D eigenvalue weighted by Crippen LogP contribution is -2.34. The van der Waals surface area contributed by atoms with E-state index in [1.54, 1.807) is 0 Å². The van der Waals surface area contributed by atoms with E-state index in [0.717, 1.165) is 38.3 Å². The maximum atomic E-state index is 4.37. The summed E-state index contributed by atoms with van der Waals surface area (Å²) in [5, 5.41) is 4.37. The van der Waals surface area contributed by atoms with E-state index in [2.05, 4.69) is 87.7 Å². The van der Waals surface area contributed by atoms with E-state index in [9.17, 15) is 0 Å². The van der Waals surface area contributed by atoms with Crippen LogP contribution < -0.4 is 4.90 Å². The molecule has 0 amide bonds. The molecule has 4 heteroatoms. The molecule has 3 aromatic rings. The molecule has 138 valence electrons. The summed E-state index contributed by atoms with van der Waals surface area (Å²) in [5.41, 5.74) is 3.94. The average molecular weight is 358 g/mol. The molecule has 1 aromatic heterocycles. The van der Waals surface area contributed by atoms with Gasteiger partial charge in [-0.3, -0.25) is 14.5 Å². The number of anilines is 2. The third-order valence-electron chi connectivity index (χ3n) is 5.15. The predicted molar refractivity (Wildman–Crippen MR) is 111 cm³/mol. The summed E-state index contributed by atoms with van der Waals surface area (Å²) in [6, 6.07) is 23.4. The first-order valence-corrected chi connectivity index (χ1v) is 9.60. The molecule has 2 heterocycles. The summed E-state index contributed by atoms with van der Waals surface area (Å²) in [6.45, 7) is 3.17. The first kappa shape index (κ1) is 17.6. The number of hydrogen-bond acceptors (Lipinski definition) is 3. The standard InChI is InChI=1S/C23H26N4/c1-25-23(12-16-24-25)27(21-10-6-3-7-11-21)22-14-18-26(19-15-22)17-13-20-8-4-2-5-9-20/h2-12,14,16H,13,15,17-19H2,1H3. The second-order valence-electron chi connectivity index (χ2n) is 6.97. The van der Waals surface area contributed by atoms with Crippen LogP contribution in [0.1, 0.15) is 12.0 Å². The largest absolute Gasteiger partial charge is 0.299 e. The van der Waals surface area contributed by atoms with E-state index in [4.69, 9.17) is 0 Å². The van der Waals surface area contributed by atoms with Crippen molar-refractivity contribution in [3.05, 3.63) is 90.3 Å². The molecule has 0 radical (unpaired) electrons. The van der Waals surface area contributed by atoms with Crippen LogP contribution in [-0.4, -0.2) is 34.3 Å². The van der Waals surface area contributed by atoms with Crippen molar-refractivity contribution in [3.8, 4) is 0 Å². The van der Waals surface area contributed by atoms with Crippen LogP contribution in [0.5, 0.6) is 0 Å². The number of benzene rings is 2. The number of nitrogens with zero attached hydrogens (tertiary/aromatic N) is 4. The topological polar surface area (TPSA) is 24.3 Å². The van der Waals surface area contributed by atoms with Crippen LogP contribution in [0.15, 0.2) is 84.7 Å². The van der Waals surface area contributed by atoms with Crippen molar-refractivity contribution in [2.75, 3.05) is 24.5 Å². The second-order valence-corrected chi connectivity index (χ2v) is 6.97. The zero-order valence-electron chi connectivity index (χ0n) is 15.8. The van der Waals surface area contributed by atoms with Gasteiger partial charge in [-0.05, 0) is 24.1 Å². The molecule has 4 rings (SSSR count). The van der Waals surface area contributed by atoms with Gasteiger partial charge in [0.05, 0.1) is 6.20 Å². The maximum absolute atomic E-state index is 4.37. The van der Waals surface area contributed by atoms with Crippen LogP contribution in [0, 0.1) is 0 Å². The summed E-state index contributed by atoms with van der Waals surface area (Å²) in [7, 11) is 2.00. The van der Waals surface area contributed by atoms with Gasteiger partial charge < -0.3 is 0 Å². The quantitative estimate of drug-likeness (QED) is 0.653. The molecule has 27 heavy (non-hydrogen) atoms. The van der Waals surface area contributed by atoms with Gasteiger partial charge in [-0.15, -0.1) is 0 Å². The van der Waals surface area contributed by atoms with Crippen LogP contribution in [0.25, 0.3) is 0 Å². The molecule has 1 aliphatic rings. The molecule has 0 unspecified atom stereocenters. The van der Waals surface area contributed by atoms with Crippen molar-refractivity contribution < 1.29 is 0 Å². The molecule has 0 bridgehead atoms. The van der Waals surface area contributed by atoms with Gasteiger partial charge in [0.2, 0.25) is 0 Å². The molecular weight excluding hydrogens is 332 g/mol. The molecule has 2 aromatic carbocycles. The fourth-order valence-corrected chi connectivity index (χ4v) is 3.65. The Labute approximate surface area is 161 Å². The van der Waals surface area contributed by atoms with E-state index in [1.165, 1.54) is 16.9 Å². The molecule has 0 saturated carbocycles. The van der Waals surface area contributed by atoms with Gasteiger partial charge in [0, 0.05) is 50.6 Å². The van der Waals surface area contributed by atoms with Gasteiger partial charge in [-0.25, -0.2) is 0 Å². The Balaban J connectivity index is 1.49. The highest BCUT2D eigenvalue weighted by Gasteiger charge is 2.21. The summed E-state index contributed by atoms with van der Waals surface area (Å²) in [4.78, 5) is 4.87. The van der Waals surface area contributed by atoms with Crippen LogP contribution in [0.3, 0.4) is 0 Å². The van der Waals surface area contributed by atoms with Gasteiger partial charge in [-0.2, -0.15) is 5.10 Å². The lowest BCUT2D eigenvalue weighted by atomic mass is 10.1. The SMILES string of the molecule is Cn1nccc1N(C1=CCN(CCc2ccccc2)CC1)c1ccccc1. The fraction of sp³-hybridized carbons (Fsp3) is 0.261. The van der Waals surface area contributed by atoms with Crippen molar-refractivity contribution in [1.82, 2.24) is 14.7 Å². The fourth-order valence-electron chi connectivity index (χ4n) is 3.65. The Morgan fingerprint density at radius 2 is 1.70 bits per heavy atom. The van der Waals surface area contributed by atoms with Crippen LogP contribution >= 0.6 is 0 Å². The first-order valence-electron chi connectivity index (χ1n) is 9.60. The lowest BCUT2D eigenvalue weighted by Gasteiger charge is -2.33. The van der Waals surface area contributed by atoms with E-state index in [0.29, 0.717) is 0 Å². The Hall–Kier alpha value is -2.85. The van der Waals surface area contributed by atoms with Crippen molar-refractivity contribution >= 4 is 11.5 Å². The molecule has 1 aliphatic heterocycles. The van der Waals surface area contributed by atoms with E-state index >= 15 is 0 Å². The maximum Gasteiger partial charge on any atom is 0.135 e. The molecule has 4 nitrogen and oxygen atoms in total. The highest BCUT2D eigenvalue weighted by atomic mass is 15.4. The van der Waals surface area contributed by atoms with Gasteiger partial charge in [0.25, 0.3) is 0 Å². The minimum absolute atomic E-state index is 0.989. The monoisotopic (exact) mass is 358 g/mol. The smallest absolute Gasteiger partial charge is 0.135 e. The minimum Gasteiger partial charge on any atom is -0.299 e. The second kappa shape index (κ2) is 8.23. The molecule has 0 fully saturated rings. The Kier molecular flexibility index (Phi) is 5.35. The Morgan fingerprint density at radius 1 is 0.963 bits per heavy atom. The summed E-state index contributed by atoms with van der Waals surface area (Å²) < 4.78 is 1.94. The Bertz CT molecular complexity index is 883. The summed E-state index contributed by atoms with van der Waals surface area (Å²) in [6.07, 6.45) is 6.37. The number of rotatable bonds is 6. The molecule has 0 N–H and O–H groups in total. The van der Waals surface area contributed by atoms with E-state index < -0.39 is 0 Å². The van der Waals surface area contributed by atoms with Crippen LogP contribution in [0.2, 0.25) is 0 Å². The molecule has 0 atom stereocenters. The highest BCUT2D eigenvalue weighted by molar-refractivity contribution is 5.65. The van der Waals surface area contributed by atoms with Crippen molar-refractivity contribution in [1.29, 1.82) is 0 Å².